The van der Waals surface area contributed by atoms with Gasteiger partial charge in [0, 0.05) is 5.56 Å². The highest BCUT2D eigenvalue weighted by Crippen LogP contribution is 2.34. The van der Waals surface area contributed by atoms with Crippen LogP contribution < -0.4 is 0 Å². The van der Waals surface area contributed by atoms with Crippen molar-refractivity contribution >= 4 is 40.8 Å². The summed E-state index contributed by atoms with van der Waals surface area (Å²) in [6, 6.07) is 4.67. The number of rotatable bonds is 3. The molecule has 0 aliphatic carbocycles. The lowest BCUT2D eigenvalue weighted by molar-refractivity contribution is 0.0519. The van der Waals surface area contributed by atoms with Crippen molar-refractivity contribution in [3.8, 4) is 11.3 Å². The molecule has 2 rings (SSSR count). The molecule has 0 aliphatic heterocycles. The molecule has 0 amide bonds. The summed E-state index contributed by atoms with van der Waals surface area (Å²) in [4.78, 5) is 11.5. The minimum absolute atomic E-state index is 0.249. The zero-order chi connectivity index (χ0) is 14.0. The van der Waals surface area contributed by atoms with E-state index in [0.29, 0.717) is 32.9 Å². The summed E-state index contributed by atoms with van der Waals surface area (Å²) in [7, 11) is 0. The summed E-state index contributed by atoms with van der Waals surface area (Å²) in [5.41, 5.74) is 1.33. The Labute approximate surface area is 124 Å². The van der Waals surface area contributed by atoms with Crippen molar-refractivity contribution in [3.63, 3.8) is 0 Å². The third-order valence-electron chi connectivity index (χ3n) is 2.36. The monoisotopic (exact) mass is 318 g/mol. The van der Waals surface area contributed by atoms with Crippen LogP contribution in [0.1, 0.15) is 17.4 Å². The molecule has 1 aromatic carbocycles. The van der Waals surface area contributed by atoms with Gasteiger partial charge in [0.15, 0.2) is 0 Å². The smallest absolute Gasteiger partial charge is 0.356 e. The number of ether oxygens (including phenoxy) is 1. The fraction of sp³-hybridized carbons (Fsp3) is 0.167. The molecule has 0 saturated carbocycles. The van der Waals surface area contributed by atoms with E-state index in [1.807, 2.05) is 0 Å². The van der Waals surface area contributed by atoms with E-state index in [0.717, 1.165) is 0 Å². The number of hydrogen-bond donors (Lipinski definition) is 1. The molecule has 0 atom stereocenters. The van der Waals surface area contributed by atoms with Crippen molar-refractivity contribution in [3.05, 3.63) is 39.0 Å². The molecule has 100 valence electrons. The summed E-state index contributed by atoms with van der Waals surface area (Å²) < 4.78 is 4.86. The number of esters is 1. The van der Waals surface area contributed by atoms with Crippen molar-refractivity contribution in [1.82, 2.24) is 10.2 Å². The van der Waals surface area contributed by atoms with Gasteiger partial charge < -0.3 is 4.74 Å². The average molecular weight is 320 g/mol. The second-order valence-corrected chi connectivity index (χ2v) is 4.86. The number of nitrogens with zero attached hydrogens (tertiary/aromatic N) is 1. The average Bonchev–Trinajstić information content (AvgIpc) is 2.83. The molecule has 7 heteroatoms. The first kappa shape index (κ1) is 14.2. The normalized spacial score (nSPS) is 10.5. The molecular weight excluding hydrogens is 311 g/mol. The topological polar surface area (TPSA) is 55.0 Å². The van der Waals surface area contributed by atoms with E-state index < -0.39 is 5.97 Å². The number of benzene rings is 1. The maximum absolute atomic E-state index is 11.5. The summed E-state index contributed by atoms with van der Waals surface area (Å²) >= 11 is 17.9. The molecule has 1 aromatic heterocycles. The van der Waals surface area contributed by atoms with E-state index in [1.165, 1.54) is 6.07 Å². The standard InChI is InChI=1S/C12H9Cl3N2O2/c1-2-19-12(18)11-5-10(16-17-11)6-3-8(14)9(15)4-7(6)13/h3-5H,2H2,1H3,(H,16,17). The molecule has 0 unspecified atom stereocenters. The SMILES string of the molecule is CCOC(=O)c1cc(-c2cc(Cl)c(Cl)cc2Cl)n[nH]1. The Bertz CT molecular complexity index is 625. The van der Waals surface area contributed by atoms with Gasteiger partial charge in [-0.3, -0.25) is 5.10 Å². The molecule has 2 aromatic rings. The third-order valence-corrected chi connectivity index (χ3v) is 3.39. The van der Waals surface area contributed by atoms with E-state index in [4.69, 9.17) is 39.5 Å². The van der Waals surface area contributed by atoms with Crippen LogP contribution in [0.4, 0.5) is 0 Å². The van der Waals surface area contributed by atoms with Crippen LogP contribution in [0.25, 0.3) is 11.3 Å². The minimum atomic E-state index is -0.475. The van der Waals surface area contributed by atoms with Gasteiger partial charge in [0.2, 0.25) is 0 Å². The van der Waals surface area contributed by atoms with E-state index in [-0.39, 0.29) is 5.69 Å². The van der Waals surface area contributed by atoms with Crippen LogP contribution >= 0.6 is 34.8 Å². The van der Waals surface area contributed by atoms with Crippen molar-refractivity contribution in [2.75, 3.05) is 6.61 Å². The van der Waals surface area contributed by atoms with Crippen LogP contribution in [0, 0.1) is 0 Å². The van der Waals surface area contributed by atoms with Gasteiger partial charge in [0.1, 0.15) is 5.69 Å². The Morgan fingerprint density at radius 1 is 1.21 bits per heavy atom. The second kappa shape index (κ2) is 5.82. The van der Waals surface area contributed by atoms with Gasteiger partial charge in [0.25, 0.3) is 0 Å². The molecule has 0 fully saturated rings. The van der Waals surface area contributed by atoms with E-state index in [1.54, 1.807) is 19.1 Å². The van der Waals surface area contributed by atoms with E-state index >= 15 is 0 Å². The number of nitrogens with one attached hydrogen (secondary N) is 1. The summed E-state index contributed by atoms with van der Waals surface area (Å²) in [5.74, 6) is -0.475. The molecule has 4 nitrogen and oxygen atoms in total. The lowest BCUT2D eigenvalue weighted by atomic mass is 10.1. The third kappa shape index (κ3) is 3.03. The predicted octanol–water partition coefficient (Wildman–Crippen LogP) is 4.21. The highest BCUT2D eigenvalue weighted by atomic mass is 35.5. The van der Waals surface area contributed by atoms with Crippen LogP contribution in [0.2, 0.25) is 15.1 Å². The Kier molecular flexibility index (Phi) is 4.34. The number of carbonyl (C=O) groups excluding carboxylic acids is 1. The number of carbonyl (C=O) groups is 1. The molecule has 0 bridgehead atoms. The molecule has 1 heterocycles. The number of hydrogen-bond acceptors (Lipinski definition) is 3. The van der Waals surface area contributed by atoms with Crippen molar-refractivity contribution < 1.29 is 9.53 Å². The highest BCUT2D eigenvalue weighted by Gasteiger charge is 2.15. The van der Waals surface area contributed by atoms with Crippen molar-refractivity contribution in [1.29, 1.82) is 0 Å². The van der Waals surface area contributed by atoms with Crippen molar-refractivity contribution in [2.45, 2.75) is 6.92 Å². The highest BCUT2D eigenvalue weighted by molar-refractivity contribution is 6.44. The zero-order valence-electron chi connectivity index (χ0n) is 9.84. The molecule has 0 radical (unpaired) electrons. The van der Waals surface area contributed by atoms with Crippen LogP contribution in [0.15, 0.2) is 18.2 Å². The quantitative estimate of drug-likeness (QED) is 0.681. The second-order valence-electron chi connectivity index (χ2n) is 3.63. The minimum Gasteiger partial charge on any atom is -0.461 e. The Morgan fingerprint density at radius 2 is 1.89 bits per heavy atom. The van der Waals surface area contributed by atoms with Gasteiger partial charge in [-0.15, -0.1) is 0 Å². The van der Waals surface area contributed by atoms with Gasteiger partial charge in [-0.1, -0.05) is 34.8 Å². The Balaban J connectivity index is 2.38. The molecule has 19 heavy (non-hydrogen) atoms. The van der Waals surface area contributed by atoms with Gasteiger partial charge in [-0.25, -0.2) is 4.79 Å². The number of aromatic amines is 1. The van der Waals surface area contributed by atoms with E-state index in [9.17, 15) is 4.79 Å². The van der Waals surface area contributed by atoms with Gasteiger partial charge >= 0.3 is 5.97 Å². The largest absolute Gasteiger partial charge is 0.461 e. The fourth-order valence-electron chi connectivity index (χ4n) is 1.49. The predicted molar refractivity (Wildman–Crippen MR) is 75.0 cm³/mol. The van der Waals surface area contributed by atoms with Gasteiger partial charge in [0.05, 0.1) is 27.4 Å². The maximum atomic E-state index is 11.5. The lowest BCUT2D eigenvalue weighted by Gasteiger charge is -2.03. The van der Waals surface area contributed by atoms with Crippen molar-refractivity contribution in [2.24, 2.45) is 0 Å². The molecule has 0 saturated heterocycles. The molecule has 0 aliphatic rings. The first-order valence-corrected chi connectivity index (χ1v) is 6.53. The van der Waals surface area contributed by atoms with Crippen LogP contribution in [-0.2, 0) is 4.74 Å². The number of aromatic nitrogens is 2. The summed E-state index contributed by atoms with van der Waals surface area (Å²) in [6.45, 7) is 2.02. The van der Waals surface area contributed by atoms with E-state index in [2.05, 4.69) is 10.2 Å². The van der Waals surface area contributed by atoms with Gasteiger partial charge in [-0.2, -0.15) is 5.10 Å². The Morgan fingerprint density at radius 3 is 2.58 bits per heavy atom. The van der Waals surface area contributed by atoms with Crippen LogP contribution in [0.5, 0.6) is 0 Å². The first-order valence-electron chi connectivity index (χ1n) is 5.40. The fourth-order valence-corrected chi connectivity index (χ4v) is 2.14. The number of halogens is 3. The zero-order valence-corrected chi connectivity index (χ0v) is 12.1. The lowest BCUT2D eigenvalue weighted by Crippen LogP contribution is -2.04. The van der Waals surface area contributed by atoms with Crippen LogP contribution in [-0.4, -0.2) is 22.8 Å². The molecule has 1 N–H and O–H groups in total. The Hall–Kier alpha value is -1.23. The number of H-pyrrole nitrogens is 1. The summed E-state index contributed by atoms with van der Waals surface area (Å²) in [5, 5.41) is 7.72. The van der Waals surface area contributed by atoms with Crippen LogP contribution in [0.3, 0.4) is 0 Å². The van der Waals surface area contributed by atoms with Gasteiger partial charge in [-0.05, 0) is 25.1 Å². The molecule has 0 spiro atoms. The first-order chi connectivity index (χ1) is 9.02. The summed E-state index contributed by atoms with van der Waals surface area (Å²) in [6.07, 6.45) is 0. The maximum Gasteiger partial charge on any atom is 0.356 e. The molecular formula is C12H9Cl3N2O2.